The molecule has 22 heavy (non-hydrogen) atoms. The van der Waals surface area contributed by atoms with Gasteiger partial charge in [-0.25, -0.2) is 0 Å². The predicted octanol–water partition coefficient (Wildman–Crippen LogP) is 3.39. The van der Waals surface area contributed by atoms with Crippen molar-refractivity contribution in [3.05, 3.63) is 0 Å². The molecule has 1 saturated carbocycles. The minimum absolute atomic E-state index is 0.610. The van der Waals surface area contributed by atoms with Crippen molar-refractivity contribution >= 4 is 0 Å². The Balaban J connectivity index is 1.38. The standard InChI is InChI=1S/C19H36N2O/c1-22-15-14-21-12-5-9-19(17-21)10-13-20(16-19)11-4-8-18-6-2-3-7-18/h18H,2-17H2,1H3/t19-/m0/s1. The second-order valence-corrected chi connectivity index (χ2v) is 8.19. The van der Waals surface area contributed by atoms with Gasteiger partial charge < -0.3 is 14.5 Å². The SMILES string of the molecule is COCCN1CCC[C@@]2(CCN(CCCC3CCCC3)C2)C1. The third kappa shape index (κ3) is 4.46. The van der Waals surface area contributed by atoms with Gasteiger partial charge >= 0.3 is 0 Å². The van der Waals surface area contributed by atoms with E-state index in [0.29, 0.717) is 5.41 Å². The van der Waals surface area contributed by atoms with Crippen molar-refractivity contribution in [1.82, 2.24) is 9.80 Å². The summed E-state index contributed by atoms with van der Waals surface area (Å²) in [6.07, 6.45) is 13.2. The van der Waals surface area contributed by atoms with Gasteiger partial charge in [0.15, 0.2) is 0 Å². The minimum atomic E-state index is 0.610. The third-order valence-electron chi connectivity index (χ3n) is 6.43. The molecule has 1 atom stereocenters. The molecule has 2 saturated heterocycles. The average molecular weight is 309 g/mol. The van der Waals surface area contributed by atoms with Gasteiger partial charge in [-0.3, -0.25) is 0 Å². The van der Waals surface area contributed by atoms with Gasteiger partial charge in [0.05, 0.1) is 6.61 Å². The predicted molar refractivity (Wildman–Crippen MR) is 92.2 cm³/mol. The molecule has 1 spiro atoms. The fourth-order valence-corrected chi connectivity index (χ4v) is 5.18. The highest BCUT2D eigenvalue weighted by Crippen LogP contribution is 2.39. The van der Waals surface area contributed by atoms with Crippen LogP contribution in [0, 0.1) is 11.3 Å². The van der Waals surface area contributed by atoms with E-state index in [1.807, 2.05) is 7.11 Å². The van der Waals surface area contributed by atoms with E-state index in [1.165, 1.54) is 90.5 Å². The summed E-state index contributed by atoms with van der Waals surface area (Å²) in [5.41, 5.74) is 0.610. The van der Waals surface area contributed by atoms with E-state index in [2.05, 4.69) is 9.80 Å². The number of methoxy groups -OCH3 is 1. The monoisotopic (exact) mass is 308 g/mol. The zero-order valence-corrected chi connectivity index (χ0v) is 14.7. The highest BCUT2D eigenvalue weighted by Gasteiger charge is 2.40. The van der Waals surface area contributed by atoms with Crippen molar-refractivity contribution in [3.63, 3.8) is 0 Å². The first kappa shape index (κ1) is 16.7. The molecule has 3 rings (SSSR count). The molecule has 3 heteroatoms. The molecule has 1 aliphatic carbocycles. The van der Waals surface area contributed by atoms with Crippen molar-refractivity contribution in [2.45, 2.75) is 57.8 Å². The van der Waals surface area contributed by atoms with E-state index in [9.17, 15) is 0 Å². The summed E-state index contributed by atoms with van der Waals surface area (Å²) in [5.74, 6) is 1.07. The van der Waals surface area contributed by atoms with E-state index >= 15 is 0 Å². The summed E-state index contributed by atoms with van der Waals surface area (Å²) in [4.78, 5) is 5.42. The Kier molecular flexibility index (Phi) is 6.17. The number of nitrogens with zero attached hydrogens (tertiary/aromatic N) is 2. The molecule has 2 heterocycles. The summed E-state index contributed by atoms with van der Waals surface area (Å²) < 4.78 is 5.27. The maximum atomic E-state index is 5.27. The largest absolute Gasteiger partial charge is 0.383 e. The molecule has 0 aromatic rings. The van der Waals surface area contributed by atoms with Crippen molar-refractivity contribution < 1.29 is 4.74 Å². The highest BCUT2D eigenvalue weighted by molar-refractivity contribution is 4.94. The van der Waals surface area contributed by atoms with Crippen molar-refractivity contribution in [1.29, 1.82) is 0 Å². The van der Waals surface area contributed by atoms with Gasteiger partial charge in [-0.2, -0.15) is 0 Å². The highest BCUT2D eigenvalue weighted by atomic mass is 16.5. The number of piperidine rings is 1. The fourth-order valence-electron chi connectivity index (χ4n) is 5.18. The van der Waals surface area contributed by atoms with Crippen LogP contribution in [0.5, 0.6) is 0 Å². The normalized spacial score (nSPS) is 31.5. The van der Waals surface area contributed by atoms with E-state index < -0.39 is 0 Å². The van der Waals surface area contributed by atoms with Crippen LogP contribution in [0.4, 0.5) is 0 Å². The lowest BCUT2D eigenvalue weighted by Gasteiger charge is -2.40. The Morgan fingerprint density at radius 1 is 0.955 bits per heavy atom. The molecule has 128 valence electrons. The average Bonchev–Trinajstić information content (AvgIpc) is 3.16. The van der Waals surface area contributed by atoms with Gasteiger partial charge in [0.1, 0.15) is 0 Å². The molecule has 0 bridgehead atoms. The Morgan fingerprint density at radius 3 is 2.50 bits per heavy atom. The smallest absolute Gasteiger partial charge is 0.0589 e. The van der Waals surface area contributed by atoms with Crippen LogP contribution in [0.3, 0.4) is 0 Å². The molecule has 0 radical (unpaired) electrons. The van der Waals surface area contributed by atoms with Gasteiger partial charge in [0, 0.05) is 26.7 Å². The maximum Gasteiger partial charge on any atom is 0.0589 e. The minimum Gasteiger partial charge on any atom is -0.383 e. The lowest BCUT2D eigenvalue weighted by atomic mass is 9.79. The summed E-state index contributed by atoms with van der Waals surface area (Å²) in [5, 5.41) is 0. The van der Waals surface area contributed by atoms with Crippen LogP contribution >= 0.6 is 0 Å². The lowest BCUT2D eigenvalue weighted by Crippen LogP contribution is -2.45. The molecule has 2 aliphatic heterocycles. The Morgan fingerprint density at radius 2 is 1.73 bits per heavy atom. The fraction of sp³-hybridized carbons (Fsp3) is 1.00. The summed E-state index contributed by atoms with van der Waals surface area (Å²) in [6.45, 7) is 8.68. The molecule has 0 unspecified atom stereocenters. The molecule has 0 aromatic heterocycles. The summed E-state index contributed by atoms with van der Waals surface area (Å²) >= 11 is 0. The lowest BCUT2D eigenvalue weighted by molar-refractivity contribution is 0.0677. The van der Waals surface area contributed by atoms with Crippen LogP contribution in [0.25, 0.3) is 0 Å². The zero-order valence-electron chi connectivity index (χ0n) is 14.7. The van der Waals surface area contributed by atoms with E-state index in [0.717, 1.165) is 19.1 Å². The van der Waals surface area contributed by atoms with E-state index in [4.69, 9.17) is 4.74 Å². The van der Waals surface area contributed by atoms with Crippen molar-refractivity contribution in [2.75, 3.05) is 53.0 Å². The van der Waals surface area contributed by atoms with Crippen molar-refractivity contribution in [3.8, 4) is 0 Å². The Hall–Kier alpha value is -0.120. The van der Waals surface area contributed by atoms with Gasteiger partial charge in [0.25, 0.3) is 0 Å². The molecular weight excluding hydrogens is 272 g/mol. The first-order chi connectivity index (χ1) is 10.8. The van der Waals surface area contributed by atoms with Crippen LogP contribution in [0.1, 0.15) is 57.8 Å². The number of ether oxygens (including phenoxy) is 1. The number of hydrogen-bond acceptors (Lipinski definition) is 3. The molecule has 3 nitrogen and oxygen atoms in total. The number of likely N-dealkylation sites (tertiary alicyclic amines) is 2. The zero-order chi connectivity index (χ0) is 15.3. The molecule has 0 amide bonds. The van der Waals surface area contributed by atoms with Crippen LogP contribution in [0.15, 0.2) is 0 Å². The van der Waals surface area contributed by atoms with Gasteiger partial charge in [0.2, 0.25) is 0 Å². The number of hydrogen-bond donors (Lipinski definition) is 0. The van der Waals surface area contributed by atoms with E-state index in [-0.39, 0.29) is 0 Å². The quantitative estimate of drug-likeness (QED) is 0.717. The van der Waals surface area contributed by atoms with Crippen LogP contribution in [0.2, 0.25) is 0 Å². The van der Waals surface area contributed by atoms with Gasteiger partial charge in [-0.05, 0) is 63.1 Å². The van der Waals surface area contributed by atoms with Gasteiger partial charge in [-0.1, -0.05) is 25.7 Å². The topological polar surface area (TPSA) is 15.7 Å². The second kappa shape index (κ2) is 8.12. The second-order valence-electron chi connectivity index (χ2n) is 8.19. The molecule has 0 N–H and O–H groups in total. The van der Waals surface area contributed by atoms with E-state index in [1.54, 1.807) is 0 Å². The third-order valence-corrected chi connectivity index (χ3v) is 6.43. The van der Waals surface area contributed by atoms with Crippen LogP contribution < -0.4 is 0 Å². The van der Waals surface area contributed by atoms with Crippen molar-refractivity contribution in [2.24, 2.45) is 11.3 Å². The Bertz CT molecular complexity index is 329. The maximum absolute atomic E-state index is 5.27. The molecule has 3 aliphatic rings. The Labute approximate surface area is 137 Å². The first-order valence-corrected chi connectivity index (χ1v) is 9.73. The van der Waals surface area contributed by atoms with Crippen LogP contribution in [-0.2, 0) is 4.74 Å². The van der Waals surface area contributed by atoms with Gasteiger partial charge in [-0.15, -0.1) is 0 Å². The summed E-state index contributed by atoms with van der Waals surface area (Å²) in [6, 6.07) is 0. The van der Waals surface area contributed by atoms with Crippen LogP contribution in [-0.4, -0.2) is 62.8 Å². The molecular formula is C19H36N2O. The molecule has 0 aromatic carbocycles. The summed E-state index contributed by atoms with van der Waals surface area (Å²) in [7, 11) is 1.82. The molecule has 3 fully saturated rings. The first-order valence-electron chi connectivity index (χ1n) is 9.73. The number of rotatable bonds is 7.